The maximum atomic E-state index is 12.3. The van der Waals surface area contributed by atoms with Gasteiger partial charge < -0.3 is 5.32 Å². The number of benzene rings is 1. The Labute approximate surface area is 128 Å². The highest BCUT2D eigenvalue weighted by Crippen LogP contribution is 2.25. The van der Waals surface area contributed by atoms with Crippen molar-refractivity contribution in [1.82, 2.24) is 9.71 Å². The third kappa shape index (κ3) is 3.25. The first-order valence-corrected chi connectivity index (χ1v) is 9.12. The zero-order valence-electron chi connectivity index (χ0n) is 11.7. The van der Waals surface area contributed by atoms with Crippen LogP contribution in [0.2, 0.25) is 0 Å². The predicted molar refractivity (Wildman–Crippen MR) is 84.1 cm³/mol. The van der Waals surface area contributed by atoms with Gasteiger partial charge in [0.2, 0.25) is 10.0 Å². The number of hydrogen-bond acceptors (Lipinski definition) is 5. The molecule has 0 saturated carbocycles. The molecule has 2 heterocycles. The van der Waals surface area contributed by atoms with Crippen LogP contribution in [0.5, 0.6) is 0 Å². The Morgan fingerprint density at radius 1 is 1.43 bits per heavy atom. The minimum absolute atomic E-state index is 0.228. The van der Waals surface area contributed by atoms with Crippen LogP contribution in [0.3, 0.4) is 0 Å². The second-order valence-corrected chi connectivity index (χ2v) is 8.12. The average Bonchev–Trinajstić information content (AvgIpc) is 2.90. The van der Waals surface area contributed by atoms with Gasteiger partial charge in [0.15, 0.2) is 0 Å². The number of rotatable bonds is 4. The van der Waals surface area contributed by atoms with E-state index in [4.69, 9.17) is 0 Å². The van der Waals surface area contributed by atoms with Crippen molar-refractivity contribution in [2.24, 2.45) is 0 Å². The minimum Gasteiger partial charge on any atom is -0.385 e. The lowest BCUT2D eigenvalue weighted by Crippen LogP contribution is -2.23. The van der Waals surface area contributed by atoms with Gasteiger partial charge in [-0.3, -0.25) is 0 Å². The van der Waals surface area contributed by atoms with Crippen LogP contribution in [-0.4, -0.2) is 19.9 Å². The molecule has 0 spiro atoms. The Kier molecular flexibility index (Phi) is 3.97. The highest BCUT2D eigenvalue weighted by atomic mass is 32.2. The Bertz CT molecular complexity index is 753. The Morgan fingerprint density at radius 3 is 3.05 bits per heavy atom. The fourth-order valence-electron chi connectivity index (χ4n) is 2.33. The van der Waals surface area contributed by atoms with E-state index in [9.17, 15) is 8.42 Å². The molecular weight excluding hydrogens is 306 g/mol. The molecule has 1 aromatic carbocycles. The molecule has 2 N–H and O–H groups in total. The van der Waals surface area contributed by atoms with Crippen molar-refractivity contribution in [2.45, 2.75) is 31.2 Å². The molecule has 0 unspecified atom stereocenters. The number of fused-ring (bicyclic) bond motifs is 1. The van der Waals surface area contributed by atoms with Crippen LogP contribution in [0.15, 0.2) is 29.3 Å². The summed E-state index contributed by atoms with van der Waals surface area (Å²) >= 11 is 1.50. The fraction of sp³-hybridized carbons (Fsp3) is 0.357. The van der Waals surface area contributed by atoms with Crippen LogP contribution < -0.4 is 10.0 Å². The highest BCUT2D eigenvalue weighted by molar-refractivity contribution is 7.89. The smallest absolute Gasteiger partial charge is 0.241 e. The molecule has 3 rings (SSSR count). The number of anilines is 1. The van der Waals surface area contributed by atoms with Gasteiger partial charge in [-0.1, -0.05) is 6.07 Å². The maximum Gasteiger partial charge on any atom is 0.241 e. The van der Waals surface area contributed by atoms with Gasteiger partial charge >= 0.3 is 0 Å². The number of sulfonamides is 1. The minimum atomic E-state index is -3.51. The van der Waals surface area contributed by atoms with Crippen molar-refractivity contribution in [3.8, 4) is 0 Å². The zero-order valence-corrected chi connectivity index (χ0v) is 13.4. The summed E-state index contributed by atoms with van der Waals surface area (Å²) in [5.41, 5.74) is 2.10. The Hall–Kier alpha value is -1.44. The molecular formula is C14H17N3O2S2. The van der Waals surface area contributed by atoms with E-state index < -0.39 is 10.0 Å². The molecule has 1 aromatic heterocycles. The van der Waals surface area contributed by atoms with Crippen molar-refractivity contribution in [3.63, 3.8) is 0 Å². The number of aryl methyl sites for hydroxylation is 2. The van der Waals surface area contributed by atoms with Crippen molar-refractivity contribution in [3.05, 3.63) is 39.8 Å². The van der Waals surface area contributed by atoms with Crippen LogP contribution in [0.25, 0.3) is 0 Å². The van der Waals surface area contributed by atoms with E-state index in [0.29, 0.717) is 4.90 Å². The molecule has 0 atom stereocenters. The number of aromatic nitrogens is 1. The molecule has 1 aliphatic heterocycles. The van der Waals surface area contributed by atoms with Gasteiger partial charge in [-0.05, 0) is 37.5 Å². The summed E-state index contributed by atoms with van der Waals surface area (Å²) < 4.78 is 27.3. The highest BCUT2D eigenvalue weighted by Gasteiger charge is 2.17. The molecule has 21 heavy (non-hydrogen) atoms. The lowest BCUT2D eigenvalue weighted by molar-refractivity contribution is 0.581. The first kappa shape index (κ1) is 14.5. The second-order valence-electron chi connectivity index (χ2n) is 5.04. The SMILES string of the molecule is Cc1cnc(CNS(=O)(=O)c2ccc3c(c2)NCCC3)s1. The molecule has 112 valence electrons. The average molecular weight is 323 g/mol. The van der Waals surface area contributed by atoms with Crippen LogP contribution >= 0.6 is 11.3 Å². The normalized spacial score (nSPS) is 14.5. The molecule has 0 radical (unpaired) electrons. The van der Waals surface area contributed by atoms with E-state index >= 15 is 0 Å². The summed E-state index contributed by atoms with van der Waals surface area (Å²) in [6, 6.07) is 5.27. The second kappa shape index (κ2) is 5.75. The molecule has 5 nitrogen and oxygen atoms in total. The number of thiazole rings is 1. The maximum absolute atomic E-state index is 12.3. The predicted octanol–water partition coefficient (Wildman–Crippen LogP) is 2.29. The molecule has 0 amide bonds. The standard InChI is InChI=1S/C14H17N3O2S2/c1-10-8-16-14(20-10)9-17-21(18,19)12-5-4-11-3-2-6-15-13(11)7-12/h4-5,7-8,15,17H,2-3,6,9H2,1H3. The van der Waals surface area contributed by atoms with Gasteiger partial charge in [-0.15, -0.1) is 11.3 Å². The summed E-state index contributed by atoms with van der Waals surface area (Å²) in [5.74, 6) is 0. The van der Waals surface area contributed by atoms with Crippen molar-refractivity contribution < 1.29 is 8.42 Å². The van der Waals surface area contributed by atoms with Crippen LogP contribution in [0.1, 0.15) is 21.9 Å². The number of nitrogens with one attached hydrogen (secondary N) is 2. The molecule has 0 bridgehead atoms. The van der Waals surface area contributed by atoms with E-state index in [1.54, 1.807) is 18.3 Å². The first-order valence-electron chi connectivity index (χ1n) is 6.82. The van der Waals surface area contributed by atoms with Gasteiger partial charge in [0.05, 0.1) is 11.4 Å². The summed E-state index contributed by atoms with van der Waals surface area (Å²) in [7, 11) is -3.51. The monoisotopic (exact) mass is 323 g/mol. The van der Waals surface area contributed by atoms with Gasteiger partial charge in [0, 0.05) is 23.3 Å². The molecule has 0 aliphatic carbocycles. The molecule has 1 aliphatic rings. The Morgan fingerprint density at radius 2 is 2.29 bits per heavy atom. The van der Waals surface area contributed by atoms with Crippen LogP contribution in [-0.2, 0) is 23.0 Å². The van der Waals surface area contributed by atoms with Crippen molar-refractivity contribution in [1.29, 1.82) is 0 Å². The number of hydrogen-bond donors (Lipinski definition) is 2. The van der Waals surface area contributed by atoms with E-state index in [1.165, 1.54) is 16.9 Å². The van der Waals surface area contributed by atoms with Crippen LogP contribution in [0, 0.1) is 6.92 Å². The molecule has 0 fully saturated rings. The third-order valence-electron chi connectivity index (χ3n) is 3.41. The lowest BCUT2D eigenvalue weighted by Gasteiger charge is -2.18. The van der Waals surface area contributed by atoms with Crippen molar-refractivity contribution in [2.75, 3.05) is 11.9 Å². The lowest BCUT2D eigenvalue weighted by atomic mass is 10.0. The summed E-state index contributed by atoms with van der Waals surface area (Å²) in [6.07, 6.45) is 3.83. The zero-order chi connectivity index (χ0) is 14.9. The quantitative estimate of drug-likeness (QED) is 0.905. The summed E-state index contributed by atoms with van der Waals surface area (Å²) in [6.45, 7) is 3.07. The van der Waals surface area contributed by atoms with Gasteiger partial charge in [0.25, 0.3) is 0 Å². The van der Waals surface area contributed by atoms with E-state index in [0.717, 1.165) is 35.0 Å². The summed E-state index contributed by atoms with van der Waals surface area (Å²) in [4.78, 5) is 5.53. The van der Waals surface area contributed by atoms with Crippen molar-refractivity contribution >= 4 is 27.0 Å². The van der Waals surface area contributed by atoms with Gasteiger partial charge in [-0.25, -0.2) is 18.1 Å². The van der Waals surface area contributed by atoms with Gasteiger partial charge in [0.1, 0.15) is 5.01 Å². The molecule has 2 aromatic rings. The summed E-state index contributed by atoms with van der Waals surface area (Å²) in [5, 5.41) is 4.02. The first-order chi connectivity index (χ1) is 10.0. The number of nitrogens with zero attached hydrogens (tertiary/aromatic N) is 1. The van der Waals surface area contributed by atoms with E-state index in [-0.39, 0.29) is 6.54 Å². The topological polar surface area (TPSA) is 71.1 Å². The van der Waals surface area contributed by atoms with E-state index in [2.05, 4.69) is 15.0 Å². The molecule has 7 heteroatoms. The van der Waals surface area contributed by atoms with Crippen LogP contribution in [0.4, 0.5) is 5.69 Å². The third-order valence-corrected chi connectivity index (χ3v) is 5.72. The fourth-order valence-corrected chi connectivity index (χ4v) is 4.16. The van der Waals surface area contributed by atoms with Gasteiger partial charge in [-0.2, -0.15) is 0 Å². The largest absolute Gasteiger partial charge is 0.385 e. The Balaban J connectivity index is 1.78. The molecule has 0 saturated heterocycles. The van der Waals surface area contributed by atoms with E-state index in [1.807, 2.05) is 13.0 Å².